The van der Waals surface area contributed by atoms with Gasteiger partial charge < -0.3 is 14.2 Å². The number of fused-ring (bicyclic) bond motifs is 1. The molecule has 24 heavy (non-hydrogen) atoms. The van der Waals surface area contributed by atoms with Crippen LogP contribution in [0.3, 0.4) is 0 Å². The molecule has 3 nitrogen and oxygen atoms in total. The predicted octanol–water partition coefficient (Wildman–Crippen LogP) is 5.49. The molecule has 1 aromatic carbocycles. The number of ether oxygens (including phenoxy) is 3. The zero-order valence-electron chi connectivity index (χ0n) is 15.9. The molecule has 0 aromatic heterocycles. The minimum atomic E-state index is -0.0208. The van der Waals surface area contributed by atoms with Crippen LogP contribution in [0.1, 0.15) is 65.4 Å². The summed E-state index contributed by atoms with van der Waals surface area (Å²) in [5, 5.41) is 0. The molecule has 1 aliphatic rings. The second-order valence-corrected chi connectivity index (χ2v) is 7.32. The standard InChI is InChI=1S/C21H32O3/c1-6-24-21(4,5)12-7-8-16(2)11-13-22-18-9-10-19-17(3)15-23-20(19)14-18/h9-11,14,17H,6-8,12-13,15H2,1-5H3/b16-11+. The zero-order valence-corrected chi connectivity index (χ0v) is 15.9. The molecule has 0 amide bonds. The van der Waals surface area contributed by atoms with Crippen molar-refractivity contribution in [1.29, 1.82) is 0 Å². The molecule has 0 spiro atoms. The van der Waals surface area contributed by atoms with E-state index in [0.29, 0.717) is 12.5 Å². The Balaban J connectivity index is 1.73. The van der Waals surface area contributed by atoms with Gasteiger partial charge >= 0.3 is 0 Å². The van der Waals surface area contributed by atoms with E-state index >= 15 is 0 Å². The fraction of sp³-hybridized carbons (Fsp3) is 0.619. The van der Waals surface area contributed by atoms with Crippen LogP contribution in [0.25, 0.3) is 0 Å². The molecule has 0 bridgehead atoms. The normalized spacial score (nSPS) is 17.5. The van der Waals surface area contributed by atoms with Crippen molar-refractivity contribution in [2.45, 2.75) is 65.4 Å². The first-order chi connectivity index (χ1) is 11.4. The van der Waals surface area contributed by atoms with Gasteiger partial charge in [0.2, 0.25) is 0 Å². The van der Waals surface area contributed by atoms with Crippen LogP contribution >= 0.6 is 0 Å². The maximum atomic E-state index is 5.84. The molecule has 1 atom stereocenters. The van der Waals surface area contributed by atoms with Crippen LogP contribution in [0.5, 0.6) is 11.5 Å². The van der Waals surface area contributed by atoms with Crippen molar-refractivity contribution >= 4 is 0 Å². The van der Waals surface area contributed by atoms with Gasteiger partial charge in [0.05, 0.1) is 12.2 Å². The lowest BCUT2D eigenvalue weighted by Crippen LogP contribution is -2.24. The lowest BCUT2D eigenvalue weighted by molar-refractivity contribution is -0.0173. The summed E-state index contributed by atoms with van der Waals surface area (Å²) in [6.07, 6.45) is 5.47. The first kappa shape index (κ1) is 18.9. The van der Waals surface area contributed by atoms with E-state index < -0.39 is 0 Å². The van der Waals surface area contributed by atoms with Crippen molar-refractivity contribution < 1.29 is 14.2 Å². The van der Waals surface area contributed by atoms with Gasteiger partial charge in [0, 0.05) is 24.2 Å². The van der Waals surface area contributed by atoms with Gasteiger partial charge in [-0.25, -0.2) is 0 Å². The van der Waals surface area contributed by atoms with E-state index in [-0.39, 0.29) is 5.60 Å². The minimum Gasteiger partial charge on any atom is -0.493 e. The van der Waals surface area contributed by atoms with Crippen LogP contribution in [0.15, 0.2) is 29.8 Å². The monoisotopic (exact) mass is 332 g/mol. The summed E-state index contributed by atoms with van der Waals surface area (Å²) in [5.74, 6) is 2.33. The first-order valence-corrected chi connectivity index (χ1v) is 9.10. The fourth-order valence-corrected chi connectivity index (χ4v) is 3.08. The van der Waals surface area contributed by atoms with Crippen molar-refractivity contribution in [2.75, 3.05) is 19.8 Å². The zero-order chi connectivity index (χ0) is 17.6. The number of allylic oxidation sites excluding steroid dienone is 1. The Kier molecular flexibility index (Phi) is 6.73. The first-order valence-electron chi connectivity index (χ1n) is 9.10. The highest BCUT2D eigenvalue weighted by molar-refractivity contribution is 5.45. The van der Waals surface area contributed by atoms with E-state index in [1.165, 1.54) is 11.1 Å². The second kappa shape index (κ2) is 8.57. The van der Waals surface area contributed by atoms with Crippen LogP contribution in [0.4, 0.5) is 0 Å². The van der Waals surface area contributed by atoms with Crippen LogP contribution in [0, 0.1) is 0 Å². The molecule has 1 aliphatic heterocycles. The maximum absolute atomic E-state index is 5.84. The average Bonchev–Trinajstić information content (AvgIpc) is 2.88. The molecule has 1 aromatic rings. The van der Waals surface area contributed by atoms with Gasteiger partial charge in [-0.05, 0) is 59.1 Å². The molecular formula is C21H32O3. The number of hydrogen-bond acceptors (Lipinski definition) is 3. The lowest BCUT2D eigenvalue weighted by atomic mass is 9.99. The molecule has 1 heterocycles. The third kappa shape index (κ3) is 5.55. The maximum Gasteiger partial charge on any atom is 0.126 e. The summed E-state index contributed by atoms with van der Waals surface area (Å²) in [5.41, 5.74) is 2.63. The van der Waals surface area contributed by atoms with E-state index in [1.54, 1.807) is 0 Å². The quantitative estimate of drug-likeness (QED) is 0.559. The second-order valence-electron chi connectivity index (χ2n) is 7.32. The van der Waals surface area contributed by atoms with Gasteiger partial charge in [0.1, 0.15) is 18.1 Å². The van der Waals surface area contributed by atoms with E-state index in [0.717, 1.165) is 44.0 Å². The Morgan fingerprint density at radius 3 is 2.92 bits per heavy atom. The highest BCUT2D eigenvalue weighted by Crippen LogP contribution is 2.36. The number of benzene rings is 1. The third-order valence-electron chi connectivity index (χ3n) is 4.57. The average molecular weight is 332 g/mol. The van der Waals surface area contributed by atoms with E-state index in [1.807, 2.05) is 12.1 Å². The Labute approximate surface area is 147 Å². The van der Waals surface area contributed by atoms with Gasteiger partial charge in [-0.1, -0.05) is 18.6 Å². The van der Waals surface area contributed by atoms with Crippen molar-refractivity contribution in [1.82, 2.24) is 0 Å². The lowest BCUT2D eigenvalue weighted by Gasteiger charge is -2.24. The van der Waals surface area contributed by atoms with Gasteiger partial charge in [-0.15, -0.1) is 0 Å². The van der Waals surface area contributed by atoms with Crippen molar-refractivity contribution in [3.8, 4) is 11.5 Å². The van der Waals surface area contributed by atoms with Crippen molar-refractivity contribution in [2.24, 2.45) is 0 Å². The minimum absolute atomic E-state index is 0.0208. The molecule has 0 saturated carbocycles. The summed E-state index contributed by atoms with van der Waals surface area (Å²) in [6.45, 7) is 12.9. The molecule has 3 heteroatoms. The summed E-state index contributed by atoms with van der Waals surface area (Å²) < 4.78 is 17.3. The Bertz CT molecular complexity index is 560. The van der Waals surface area contributed by atoms with E-state index in [9.17, 15) is 0 Å². The summed E-state index contributed by atoms with van der Waals surface area (Å²) in [4.78, 5) is 0. The molecule has 1 unspecified atom stereocenters. The van der Waals surface area contributed by atoms with Gasteiger partial charge in [-0.3, -0.25) is 0 Å². The van der Waals surface area contributed by atoms with Crippen LogP contribution in [0.2, 0.25) is 0 Å². The van der Waals surface area contributed by atoms with E-state index in [4.69, 9.17) is 14.2 Å². The molecule has 0 aliphatic carbocycles. The molecule has 0 N–H and O–H groups in total. The van der Waals surface area contributed by atoms with Crippen LogP contribution in [-0.4, -0.2) is 25.4 Å². The van der Waals surface area contributed by atoms with Gasteiger partial charge in [-0.2, -0.15) is 0 Å². The molecule has 0 saturated heterocycles. The van der Waals surface area contributed by atoms with Crippen LogP contribution in [-0.2, 0) is 4.74 Å². The Hall–Kier alpha value is -1.48. The van der Waals surface area contributed by atoms with Crippen molar-refractivity contribution in [3.63, 3.8) is 0 Å². The van der Waals surface area contributed by atoms with Crippen LogP contribution < -0.4 is 9.47 Å². The molecule has 2 rings (SSSR count). The fourth-order valence-electron chi connectivity index (χ4n) is 3.08. The molecule has 0 radical (unpaired) electrons. The Morgan fingerprint density at radius 2 is 2.17 bits per heavy atom. The predicted molar refractivity (Wildman–Crippen MR) is 99.2 cm³/mol. The molecule has 134 valence electrons. The summed E-state index contributed by atoms with van der Waals surface area (Å²) in [6, 6.07) is 6.17. The Morgan fingerprint density at radius 1 is 1.38 bits per heavy atom. The van der Waals surface area contributed by atoms with E-state index in [2.05, 4.69) is 46.8 Å². The summed E-state index contributed by atoms with van der Waals surface area (Å²) >= 11 is 0. The summed E-state index contributed by atoms with van der Waals surface area (Å²) in [7, 11) is 0. The molecule has 0 fully saturated rings. The number of hydrogen-bond donors (Lipinski definition) is 0. The third-order valence-corrected chi connectivity index (χ3v) is 4.57. The molecular weight excluding hydrogens is 300 g/mol. The largest absolute Gasteiger partial charge is 0.493 e. The van der Waals surface area contributed by atoms with Gasteiger partial charge in [0.15, 0.2) is 0 Å². The SMILES string of the molecule is CCOC(C)(C)CCC/C(C)=C/COc1ccc2c(c1)OCC2C. The highest BCUT2D eigenvalue weighted by Gasteiger charge is 2.20. The highest BCUT2D eigenvalue weighted by atomic mass is 16.5. The smallest absolute Gasteiger partial charge is 0.126 e. The topological polar surface area (TPSA) is 27.7 Å². The van der Waals surface area contributed by atoms with Gasteiger partial charge in [0.25, 0.3) is 0 Å². The van der Waals surface area contributed by atoms with Crippen molar-refractivity contribution in [3.05, 3.63) is 35.4 Å². The number of rotatable bonds is 9.